The van der Waals surface area contributed by atoms with E-state index < -0.39 is 0 Å². The Morgan fingerprint density at radius 3 is 2.52 bits per heavy atom. The molecule has 0 heterocycles. The molecule has 3 nitrogen and oxygen atoms in total. The number of carbonyl (C=O) groups is 1. The highest BCUT2D eigenvalue weighted by atomic mass is 35.5. The van der Waals surface area contributed by atoms with E-state index in [1.54, 1.807) is 6.07 Å². The fraction of sp³-hybridized carbons (Fsp3) is 0.188. The predicted octanol–water partition coefficient (Wildman–Crippen LogP) is 4.35. The Labute approximate surface area is 133 Å². The van der Waals surface area contributed by atoms with Crippen molar-refractivity contribution in [2.45, 2.75) is 24.0 Å². The molecule has 110 valence electrons. The van der Waals surface area contributed by atoms with Crippen LogP contribution in [0.15, 0.2) is 47.4 Å². The third-order valence-electron chi connectivity index (χ3n) is 3.00. The van der Waals surface area contributed by atoms with Crippen LogP contribution in [0.2, 0.25) is 5.02 Å². The molecule has 0 saturated heterocycles. The van der Waals surface area contributed by atoms with Crippen molar-refractivity contribution in [3.05, 3.63) is 53.1 Å². The summed E-state index contributed by atoms with van der Waals surface area (Å²) in [5, 5.41) is 3.41. The van der Waals surface area contributed by atoms with Gasteiger partial charge in [0.1, 0.15) is 0 Å². The lowest BCUT2D eigenvalue weighted by molar-refractivity contribution is -0.115. The molecule has 0 radical (unpaired) electrons. The lowest BCUT2D eigenvalue weighted by Gasteiger charge is -2.14. The van der Waals surface area contributed by atoms with E-state index in [0.29, 0.717) is 10.7 Å². The number of thioether (sulfide) groups is 1. The standard InChI is InChI=1S/C16H17ClN2OS/c1-10-9-13(18)5-8-15(10)19-16(20)11(2)21-14-6-3-12(17)4-7-14/h3-9,11H,18H2,1-2H3,(H,19,20). The summed E-state index contributed by atoms with van der Waals surface area (Å²) in [5.74, 6) is -0.0391. The maximum atomic E-state index is 12.2. The number of aryl methyl sites for hydroxylation is 1. The second kappa shape index (κ2) is 6.87. The average molecular weight is 321 g/mol. The van der Waals surface area contributed by atoms with Crippen LogP contribution in [0.25, 0.3) is 0 Å². The first-order valence-electron chi connectivity index (χ1n) is 6.55. The van der Waals surface area contributed by atoms with Crippen molar-refractivity contribution in [3.8, 4) is 0 Å². The lowest BCUT2D eigenvalue weighted by Crippen LogP contribution is -2.22. The molecular formula is C16H17ClN2OS. The number of nitrogens with two attached hydrogens (primary N) is 1. The zero-order chi connectivity index (χ0) is 15.4. The first kappa shape index (κ1) is 15.7. The molecule has 1 atom stereocenters. The van der Waals surface area contributed by atoms with Crippen molar-refractivity contribution in [2.75, 3.05) is 11.1 Å². The van der Waals surface area contributed by atoms with E-state index in [0.717, 1.165) is 16.1 Å². The summed E-state index contributed by atoms with van der Waals surface area (Å²) < 4.78 is 0. The summed E-state index contributed by atoms with van der Waals surface area (Å²) in [6.07, 6.45) is 0. The molecule has 0 spiro atoms. The molecule has 5 heteroatoms. The number of rotatable bonds is 4. The van der Waals surface area contributed by atoms with Gasteiger partial charge in [-0.15, -0.1) is 11.8 Å². The Kier molecular flexibility index (Phi) is 5.15. The van der Waals surface area contributed by atoms with E-state index in [2.05, 4.69) is 5.32 Å². The third-order valence-corrected chi connectivity index (χ3v) is 4.37. The SMILES string of the molecule is Cc1cc(N)ccc1NC(=O)C(C)Sc1ccc(Cl)cc1. The highest BCUT2D eigenvalue weighted by Gasteiger charge is 2.15. The van der Waals surface area contributed by atoms with Gasteiger partial charge in [0.2, 0.25) is 5.91 Å². The molecule has 0 fully saturated rings. The normalized spacial score (nSPS) is 12.0. The van der Waals surface area contributed by atoms with Crippen molar-refractivity contribution in [1.29, 1.82) is 0 Å². The van der Waals surface area contributed by atoms with Crippen LogP contribution in [-0.2, 0) is 4.79 Å². The van der Waals surface area contributed by atoms with Crippen LogP contribution >= 0.6 is 23.4 Å². The van der Waals surface area contributed by atoms with Crippen molar-refractivity contribution in [2.24, 2.45) is 0 Å². The van der Waals surface area contributed by atoms with Gasteiger partial charge < -0.3 is 11.1 Å². The number of amides is 1. The van der Waals surface area contributed by atoms with Gasteiger partial charge in [-0.1, -0.05) is 11.6 Å². The Hall–Kier alpha value is -1.65. The van der Waals surface area contributed by atoms with E-state index >= 15 is 0 Å². The number of nitrogen functional groups attached to an aromatic ring is 1. The zero-order valence-corrected chi connectivity index (χ0v) is 13.5. The predicted molar refractivity (Wildman–Crippen MR) is 91.0 cm³/mol. The van der Waals surface area contributed by atoms with Gasteiger partial charge in [-0.3, -0.25) is 4.79 Å². The van der Waals surface area contributed by atoms with Crippen LogP contribution in [0.1, 0.15) is 12.5 Å². The molecule has 0 aliphatic heterocycles. The lowest BCUT2D eigenvalue weighted by atomic mass is 10.2. The second-order valence-corrected chi connectivity index (χ2v) is 6.63. The molecular weight excluding hydrogens is 304 g/mol. The third kappa shape index (κ3) is 4.41. The monoisotopic (exact) mass is 320 g/mol. The van der Waals surface area contributed by atoms with Crippen LogP contribution in [0, 0.1) is 6.92 Å². The molecule has 0 aliphatic rings. The number of carbonyl (C=O) groups excluding carboxylic acids is 1. The van der Waals surface area contributed by atoms with Gasteiger partial charge in [-0.2, -0.15) is 0 Å². The summed E-state index contributed by atoms with van der Waals surface area (Å²) in [4.78, 5) is 13.2. The first-order valence-corrected chi connectivity index (χ1v) is 7.80. The Morgan fingerprint density at radius 1 is 1.24 bits per heavy atom. The van der Waals surface area contributed by atoms with Crippen molar-refractivity contribution in [3.63, 3.8) is 0 Å². The molecule has 0 aromatic heterocycles. The summed E-state index contributed by atoms with van der Waals surface area (Å²) in [7, 11) is 0. The minimum Gasteiger partial charge on any atom is -0.399 e. The maximum absolute atomic E-state index is 12.2. The van der Waals surface area contributed by atoms with Gasteiger partial charge in [0, 0.05) is 21.3 Å². The number of nitrogens with one attached hydrogen (secondary N) is 1. The number of anilines is 2. The number of benzene rings is 2. The van der Waals surface area contributed by atoms with Crippen molar-refractivity contribution >= 4 is 40.6 Å². The summed E-state index contributed by atoms with van der Waals surface area (Å²) in [5.41, 5.74) is 8.13. The minimum atomic E-state index is -0.205. The number of halogens is 1. The van der Waals surface area contributed by atoms with E-state index in [-0.39, 0.29) is 11.2 Å². The molecule has 2 aromatic rings. The van der Waals surface area contributed by atoms with Crippen LogP contribution in [0.3, 0.4) is 0 Å². The molecule has 1 amide bonds. The fourth-order valence-corrected chi connectivity index (χ4v) is 2.83. The van der Waals surface area contributed by atoms with E-state index in [4.69, 9.17) is 17.3 Å². The molecule has 1 unspecified atom stereocenters. The van der Waals surface area contributed by atoms with Crippen LogP contribution in [-0.4, -0.2) is 11.2 Å². The first-order chi connectivity index (χ1) is 9.95. The van der Waals surface area contributed by atoms with Gasteiger partial charge in [0.25, 0.3) is 0 Å². The molecule has 3 N–H and O–H groups in total. The van der Waals surface area contributed by atoms with Crippen LogP contribution < -0.4 is 11.1 Å². The van der Waals surface area contributed by atoms with Crippen molar-refractivity contribution in [1.82, 2.24) is 0 Å². The summed E-state index contributed by atoms with van der Waals surface area (Å²) >= 11 is 7.34. The van der Waals surface area contributed by atoms with Crippen molar-refractivity contribution < 1.29 is 4.79 Å². The Balaban J connectivity index is 2.00. The number of hydrogen-bond donors (Lipinski definition) is 2. The topological polar surface area (TPSA) is 55.1 Å². The van der Waals surface area contributed by atoms with Gasteiger partial charge in [-0.25, -0.2) is 0 Å². The molecule has 2 rings (SSSR count). The zero-order valence-electron chi connectivity index (χ0n) is 11.9. The highest BCUT2D eigenvalue weighted by molar-refractivity contribution is 8.00. The van der Waals surface area contributed by atoms with Gasteiger partial charge in [-0.05, 0) is 61.9 Å². The molecule has 0 bridgehead atoms. The Morgan fingerprint density at radius 2 is 1.90 bits per heavy atom. The van der Waals surface area contributed by atoms with E-state index in [1.807, 2.05) is 50.2 Å². The quantitative estimate of drug-likeness (QED) is 0.650. The highest BCUT2D eigenvalue weighted by Crippen LogP contribution is 2.26. The van der Waals surface area contributed by atoms with Gasteiger partial charge in [0.15, 0.2) is 0 Å². The summed E-state index contributed by atoms with van der Waals surface area (Å²) in [6.45, 7) is 3.80. The largest absolute Gasteiger partial charge is 0.399 e. The van der Waals surface area contributed by atoms with E-state index in [1.165, 1.54) is 11.8 Å². The Bertz CT molecular complexity index is 643. The van der Waals surface area contributed by atoms with Gasteiger partial charge >= 0.3 is 0 Å². The maximum Gasteiger partial charge on any atom is 0.237 e. The number of hydrogen-bond acceptors (Lipinski definition) is 3. The second-order valence-electron chi connectivity index (χ2n) is 4.78. The van der Waals surface area contributed by atoms with Crippen LogP contribution in [0.4, 0.5) is 11.4 Å². The molecule has 0 saturated carbocycles. The minimum absolute atomic E-state index is 0.0391. The molecule has 21 heavy (non-hydrogen) atoms. The molecule has 0 aliphatic carbocycles. The average Bonchev–Trinajstić information content (AvgIpc) is 2.44. The summed E-state index contributed by atoms with van der Waals surface area (Å²) in [6, 6.07) is 12.9. The fourth-order valence-electron chi connectivity index (χ4n) is 1.83. The van der Waals surface area contributed by atoms with Crippen LogP contribution in [0.5, 0.6) is 0 Å². The smallest absolute Gasteiger partial charge is 0.237 e. The van der Waals surface area contributed by atoms with E-state index in [9.17, 15) is 4.79 Å². The van der Waals surface area contributed by atoms with Gasteiger partial charge in [0.05, 0.1) is 5.25 Å². The molecule has 2 aromatic carbocycles.